The van der Waals surface area contributed by atoms with E-state index in [1.165, 1.54) is 0 Å². The molecule has 0 amide bonds. The Morgan fingerprint density at radius 2 is 1.92 bits per heavy atom. The minimum Gasteiger partial charge on any atom is -0.489 e. The zero-order valence-corrected chi connectivity index (χ0v) is 16.7. The summed E-state index contributed by atoms with van der Waals surface area (Å²) in [6.45, 7) is 6.64. The number of carbonyl (C=O) groups is 1. The van der Waals surface area contributed by atoms with Gasteiger partial charge in [0.15, 0.2) is 0 Å². The molecule has 0 N–H and O–H groups in total. The fraction of sp³-hybridized carbons (Fsp3) is 0.286. The number of fused-ring (bicyclic) bond motifs is 1. The van der Waals surface area contributed by atoms with Crippen molar-refractivity contribution in [1.82, 2.24) is 0 Å². The molecule has 3 rings (SSSR count). The number of hydrogen-bond donors (Lipinski definition) is 0. The maximum atomic E-state index is 11.9. The van der Waals surface area contributed by atoms with Crippen LogP contribution in [0, 0.1) is 13.8 Å². The number of aryl methyl sites for hydroxylation is 2. The molecule has 0 bridgehead atoms. The molecule has 3 aromatic rings. The third-order valence-electron chi connectivity index (χ3n) is 4.28. The highest BCUT2D eigenvalue weighted by atomic mass is 79.9. The summed E-state index contributed by atoms with van der Waals surface area (Å²) < 4.78 is 17.5. The molecule has 0 aliphatic heterocycles. The van der Waals surface area contributed by atoms with E-state index in [1.807, 2.05) is 44.2 Å². The minimum absolute atomic E-state index is 0.203. The smallest absolute Gasteiger partial charge is 0.310 e. The molecule has 0 aliphatic carbocycles. The van der Waals surface area contributed by atoms with Gasteiger partial charge in [0.05, 0.1) is 23.8 Å². The lowest BCUT2D eigenvalue weighted by molar-refractivity contribution is -0.142. The fourth-order valence-electron chi connectivity index (χ4n) is 2.83. The highest BCUT2D eigenvalue weighted by molar-refractivity contribution is 9.10. The number of carbonyl (C=O) groups excluding carboxylic acids is 1. The molecule has 0 unspecified atom stereocenters. The van der Waals surface area contributed by atoms with E-state index < -0.39 is 0 Å². The summed E-state index contributed by atoms with van der Waals surface area (Å²) in [7, 11) is 0. The van der Waals surface area contributed by atoms with Gasteiger partial charge in [0.2, 0.25) is 0 Å². The van der Waals surface area contributed by atoms with Crippen molar-refractivity contribution in [2.24, 2.45) is 0 Å². The van der Waals surface area contributed by atoms with Crippen molar-refractivity contribution in [3.05, 3.63) is 63.3 Å². The van der Waals surface area contributed by atoms with Crippen molar-refractivity contribution < 1.29 is 18.7 Å². The average molecular weight is 417 g/mol. The third kappa shape index (κ3) is 4.10. The maximum Gasteiger partial charge on any atom is 0.310 e. The molecule has 0 atom stereocenters. The lowest BCUT2D eigenvalue weighted by atomic mass is 10.0. The average Bonchev–Trinajstić information content (AvgIpc) is 3.06. The van der Waals surface area contributed by atoms with Crippen molar-refractivity contribution in [3.63, 3.8) is 0 Å². The first kappa shape index (κ1) is 18.5. The summed E-state index contributed by atoms with van der Waals surface area (Å²) in [6.07, 6.45) is 1.87. The molecule has 2 aromatic carbocycles. The molecule has 0 aliphatic rings. The predicted octanol–water partition coefficient (Wildman–Crippen LogP) is 5.50. The van der Waals surface area contributed by atoms with Gasteiger partial charge in [-0.05, 0) is 77.7 Å². The van der Waals surface area contributed by atoms with Crippen LogP contribution in [0.3, 0.4) is 0 Å². The monoisotopic (exact) mass is 416 g/mol. The van der Waals surface area contributed by atoms with Crippen molar-refractivity contribution in [2.75, 3.05) is 6.61 Å². The summed E-state index contributed by atoms with van der Waals surface area (Å²) in [5, 5.41) is 1.02. The van der Waals surface area contributed by atoms with Gasteiger partial charge in [0.25, 0.3) is 0 Å². The van der Waals surface area contributed by atoms with Crippen molar-refractivity contribution in [3.8, 4) is 5.75 Å². The van der Waals surface area contributed by atoms with Crippen LogP contribution >= 0.6 is 15.9 Å². The standard InChI is InChI=1S/C21H21BrO4/c1-4-24-20(23)11-17-7-13(2)14(3)8-19(17)26-12-15-9-16-5-6-25-21(16)18(22)10-15/h5-10H,4,11-12H2,1-3H3. The normalized spacial score (nSPS) is 10.9. The SMILES string of the molecule is CCOC(=O)Cc1cc(C)c(C)cc1OCc1cc(Br)c2occc2c1. The Labute approximate surface area is 161 Å². The molecule has 1 heterocycles. The van der Waals surface area contributed by atoms with E-state index in [9.17, 15) is 4.79 Å². The second-order valence-electron chi connectivity index (χ2n) is 6.23. The van der Waals surface area contributed by atoms with E-state index in [2.05, 4.69) is 15.9 Å². The summed E-state index contributed by atoms with van der Waals surface area (Å²) in [5.41, 5.74) is 4.93. The van der Waals surface area contributed by atoms with Gasteiger partial charge < -0.3 is 13.9 Å². The predicted molar refractivity (Wildman–Crippen MR) is 104 cm³/mol. The number of benzene rings is 2. The van der Waals surface area contributed by atoms with Crippen LogP contribution in [0.2, 0.25) is 0 Å². The number of rotatable bonds is 6. The molecule has 1 aromatic heterocycles. The molecule has 0 spiro atoms. The molecular weight excluding hydrogens is 396 g/mol. The zero-order valence-electron chi connectivity index (χ0n) is 15.1. The van der Waals surface area contributed by atoms with Gasteiger partial charge in [0.1, 0.15) is 17.9 Å². The van der Waals surface area contributed by atoms with Crippen LogP contribution in [0.15, 0.2) is 45.5 Å². The van der Waals surface area contributed by atoms with Gasteiger partial charge >= 0.3 is 5.97 Å². The van der Waals surface area contributed by atoms with Crippen molar-refractivity contribution in [1.29, 1.82) is 0 Å². The van der Waals surface area contributed by atoms with E-state index in [0.29, 0.717) is 19.0 Å². The van der Waals surface area contributed by atoms with Crippen molar-refractivity contribution in [2.45, 2.75) is 33.8 Å². The second-order valence-corrected chi connectivity index (χ2v) is 7.09. The first-order valence-corrected chi connectivity index (χ1v) is 9.31. The molecule has 26 heavy (non-hydrogen) atoms. The highest BCUT2D eigenvalue weighted by Gasteiger charge is 2.13. The van der Waals surface area contributed by atoms with Crippen LogP contribution in [0.5, 0.6) is 5.75 Å². The van der Waals surface area contributed by atoms with Gasteiger partial charge in [-0.2, -0.15) is 0 Å². The zero-order chi connectivity index (χ0) is 18.7. The Bertz CT molecular complexity index is 943. The van der Waals surface area contributed by atoms with E-state index >= 15 is 0 Å². The molecule has 0 radical (unpaired) electrons. The van der Waals surface area contributed by atoms with Crippen LogP contribution in [-0.4, -0.2) is 12.6 Å². The Hall–Kier alpha value is -2.27. The Balaban J connectivity index is 1.83. The number of furan rings is 1. The molecule has 0 fully saturated rings. The van der Waals surface area contributed by atoms with Gasteiger partial charge in [-0.1, -0.05) is 6.07 Å². The van der Waals surface area contributed by atoms with E-state index in [-0.39, 0.29) is 12.4 Å². The summed E-state index contributed by atoms with van der Waals surface area (Å²) in [5.74, 6) is 0.465. The summed E-state index contributed by atoms with van der Waals surface area (Å²) >= 11 is 3.53. The van der Waals surface area contributed by atoms with Gasteiger partial charge in [-0.15, -0.1) is 0 Å². The topological polar surface area (TPSA) is 48.7 Å². The third-order valence-corrected chi connectivity index (χ3v) is 4.87. The van der Waals surface area contributed by atoms with Gasteiger partial charge in [-0.25, -0.2) is 0 Å². The quantitative estimate of drug-likeness (QED) is 0.497. The van der Waals surface area contributed by atoms with Crippen molar-refractivity contribution >= 4 is 32.9 Å². The van der Waals surface area contributed by atoms with Crippen LogP contribution in [-0.2, 0) is 22.6 Å². The highest BCUT2D eigenvalue weighted by Crippen LogP contribution is 2.29. The van der Waals surface area contributed by atoms with E-state index in [1.54, 1.807) is 13.2 Å². The molecule has 0 saturated carbocycles. The molecule has 136 valence electrons. The summed E-state index contributed by atoms with van der Waals surface area (Å²) in [6, 6.07) is 9.92. The molecule has 5 heteroatoms. The maximum absolute atomic E-state index is 11.9. The first-order chi connectivity index (χ1) is 12.5. The Morgan fingerprint density at radius 1 is 1.15 bits per heavy atom. The van der Waals surface area contributed by atoms with Crippen LogP contribution < -0.4 is 4.74 Å². The summed E-state index contributed by atoms with van der Waals surface area (Å²) in [4.78, 5) is 11.9. The molecule has 4 nitrogen and oxygen atoms in total. The van der Waals surface area contributed by atoms with Crippen LogP contribution in [0.25, 0.3) is 11.0 Å². The fourth-order valence-corrected chi connectivity index (χ4v) is 3.45. The number of halogens is 1. The Morgan fingerprint density at radius 3 is 2.69 bits per heavy atom. The number of ether oxygens (including phenoxy) is 2. The molecule has 0 saturated heterocycles. The lowest BCUT2D eigenvalue weighted by Gasteiger charge is -2.14. The number of hydrogen-bond acceptors (Lipinski definition) is 4. The van der Waals surface area contributed by atoms with E-state index in [0.717, 1.165) is 37.7 Å². The lowest BCUT2D eigenvalue weighted by Crippen LogP contribution is -2.09. The van der Waals surface area contributed by atoms with Crippen LogP contribution in [0.4, 0.5) is 0 Å². The largest absolute Gasteiger partial charge is 0.489 e. The van der Waals surface area contributed by atoms with Gasteiger partial charge in [0, 0.05) is 10.9 Å². The van der Waals surface area contributed by atoms with Crippen LogP contribution in [0.1, 0.15) is 29.2 Å². The molecular formula is C21H21BrO4. The Kier molecular flexibility index (Phi) is 5.67. The van der Waals surface area contributed by atoms with Gasteiger partial charge in [-0.3, -0.25) is 4.79 Å². The number of esters is 1. The van der Waals surface area contributed by atoms with E-state index in [4.69, 9.17) is 13.9 Å². The first-order valence-electron chi connectivity index (χ1n) is 8.52. The second kappa shape index (κ2) is 7.96. The minimum atomic E-state index is -0.247.